The molecule has 1 N–H and O–H groups in total. The summed E-state index contributed by atoms with van der Waals surface area (Å²) in [6.45, 7) is 5.73. The third-order valence-electron chi connectivity index (χ3n) is 3.16. The van der Waals surface area contributed by atoms with E-state index >= 15 is 0 Å². The van der Waals surface area contributed by atoms with Gasteiger partial charge >= 0.3 is 0 Å². The fourth-order valence-electron chi connectivity index (χ4n) is 2.38. The molecule has 3 heteroatoms. The van der Waals surface area contributed by atoms with E-state index < -0.39 is 11.4 Å². The first kappa shape index (κ1) is 13.7. The molecule has 1 aromatic heterocycles. The van der Waals surface area contributed by atoms with Crippen molar-refractivity contribution in [3.63, 3.8) is 0 Å². The number of halogens is 1. The maximum absolute atomic E-state index is 13.2. The minimum Gasteiger partial charge on any atom is -0.385 e. The van der Waals surface area contributed by atoms with E-state index in [9.17, 15) is 9.50 Å². The number of nitrogens with zero attached hydrogens (tertiary/aromatic N) is 1. The van der Waals surface area contributed by atoms with E-state index in [1.165, 1.54) is 12.3 Å². The smallest absolute Gasteiger partial charge is 0.141 e. The van der Waals surface area contributed by atoms with Crippen LogP contribution in [0.3, 0.4) is 0 Å². The molecule has 0 radical (unpaired) electrons. The lowest BCUT2D eigenvalue weighted by molar-refractivity contribution is 0.0569. The molecule has 1 unspecified atom stereocenters. The molecule has 2 aromatic rings. The summed E-state index contributed by atoms with van der Waals surface area (Å²) in [5.74, 6) is -0.432. The van der Waals surface area contributed by atoms with Crippen LogP contribution < -0.4 is 0 Å². The van der Waals surface area contributed by atoms with Gasteiger partial charge in [0.15, 0.2) is 0 Å². The summed E-state index contributed by atoms with van der Waals surface area (Å²) >= 11 is 0. The van der Waals surface area contributed by atoms with E-state index in [0.29, 0.717) is 12.0 Å². The molecule has 0 spiro atoms. The number of rotatable bonds is 3. The molecule has 19 heavy (non-hydrogen) atoms. The normalized spacial score (nSPS) is 14.2. The quantitative estimate of drug-likeness (QED) is 0.917. The van der Waals surface area contributed by atoms with Crippen molar-refractivity contribution in [1.29, 1.82) is 0 Å². The van der Waals surface area contributed by atoms with Crippen molar-refractivity contribution < 1.29 is 9.50 Å². The largest absolute Gasteiger partial charge is 0.385 e. The molecule has 0 saturated heterocycles. The summed E-state index contributed by atoms with van der Waals surface area (Å²) in [5.41, 5.74) is 2.71. The average Bonchev–Trinajstić information content (AvgIpc) is 2.26. The number of benzene rings is 1. The number of aryl methyl sites for hydroxylation is 2. The molecule has 0 fully saturated rings. The zero-order valence-corrected chi connectivity index (χ0v) is 11.4. The van der Waals surface area contributed by atoms with E-state index in [-0.39, 0.29) is 0 Å². The third-order valence-corrected chi connectivity index (χ3v) is 3.16. The molecule has 0 bridgehead atoms. The molecular weight excluding hydrogens is 241 g/mol. The first-order valence-corrected chi connectivity index (χ1v) is 6.27. The Labute approximate surface area is 112 Å². The van der Waals surface area contributed by atoms with E-state index in [0.717, 1.165) is 22.9 Å². The number of aromatic nitrogens is 1. The van der Waals surface area contributed by atoms with E-state index in [2.05, 4.69) is 11.1 Å². The van der Waals surface area contributed by atoms with Gasteiger partial charge in [0.05, 0.1) is 11.8 Å². The lowest BCUT2D eigenvalue weighted by atomic mass is 9.89. The first-order valence-electron chi connectivity index (χ1n) is 6.27. The third kappa shape index (κ3) is 3.38. The molecule has 1 atom stereocenters. The van der Waals surface area contributed by atoms with Crippen LogP contribution in [-0.4, -0.2) is 10.1 Å². The van der Waals surface area contributed by atoms with Gasteiger partial charge < -0.3 is 5.11 Å². The van der Waals surface area contributed by atoms with Crippen LogP contribution in [0.15, 0.2) is 36.7 Å². The lowest BCUT2D eigenvalue weighted by Crippen LogP contribution is -2.24. The number of pyridine rings is 1. The zero-order valence-electron chi connectivity index (χ0n) is 11.4. The highest BCUT2D eigenvalue weighted by Gasteiger charge is 2.24. The number of hydrogen-bond donors (Lipinski definition) is 1. The fraction of sp³-hybridized carbons (Fsp3) is 0.312. The Morgan fingerprint density at radius 3 is 2.32 bits per heavy atom. The van der Waals surface area contributed by atoms with E-state index in [1.54, 1.807) is 6.92 Å². The van der Waals surface area contributed by atoms with Crippen LogP contribution in [0, 0.1) is 19.7 Å². The molecule has 1 heterocycles. The van der Waals surface area contributed by atoms with Crippen LogP contribution in [-0.2, 0) is 12.0 Å². The van der Waals surface area contributed by atoms with Crippen LogP contribution >= 0.6 is 0 Å². The maximum atomic E-state index is 13.2. The molecule has 0 aliphatic carbocycles. The van der Waals surface area contributed by atoms with Gasteiger partial charge in [-0.3, -0.25) is 4.98 Å². The van der Waals surface area contributed by atoms with Crippen LogP contribution in [0.2, 0.25) is 0 Å². The van der Waals surface area contributed by atoms with Crippen molar-refractivity contribution in [2.75, 3.05) is 0 Å². The van der Waals surface area contributed by atoms with Crippen molar-refractivity contribution in [2.24, 2.45) is 0 Å². The second-order valence-electron chi connectivity index (χ2n) is 5.34. The molecule has 0 saturated carbocycles. The minimum atomic E-state index is -1.13. The highest BCUT2D eigenvalue weighted by Crippen LogP contribution is 2.26. The Bertz CT molecular complexity index is 573. The van der Waals surface area contributed by atoms with Gasteiger partial charge in [-0.1, -0.05) is 29.3 Å². The predicted octanol–water partition coefficient (Wildman–Crippen LogP) is 3.29. The van der Waals surface area contributed by atoms with Gasteiger partial charge in [0, 0.05) is 18.2 Å². The lowest BCUT2D eigenvalue weighted by Gasteiger charge is -2.24. The van der Waals surface area contributed by atoms with Crippen molar-refractivity contribution in [1.82, 2.24) is 4.98 Å². The molecule has 0 amide bonds. The van der Waals surface area contributed by atoms with Crippen molar-refractivity contribution in [2.45, 2.75) is 32.8 Å². The summed E-state index contributed by atoms with van der Waals surface area (Å²) in [6.07, 6.45) is 3.07. The van der Waals surface area contributed by atoms with Gasteiger partial charge in [-0.2, -0.15) is 0 Å². The highest BCUT2D eigenvalue weighted by atomic mass is 19.1. The number of hydrogen-bond acceptors (Lipinski definition) is 2. The summed E-state index contributed by atoms with van der Waals surface area (Å²) < 4.78 is 13.2. The highest BCUT2D eigenvalue weighted by molar-refractivity contribution is 5.31. The summed E-state index contributed by atoms with van der Waals surface area (Å²) in [7, 11) is 0. The molecule has 100 valence electrons. The van der Waals surface area contributed by atoms with E-state index in [1.807, 2.05) is 26.0 Å². The topological polar surface area (TPSA) is 33.1 Å². The van der Waals surface area contributed by atoms with Crippen molar-refractivity contribution in [3.05, 3.63) is 64.7 Å². The fourth-order valence-corrected chi connectivity index (χ4v) is 2.38. The second-order valence-corrected chi connectivity index (χ2v) is 5.34. The minimum absolute atomic E-state index is 0.431. The summed E-state index contributed by atoms with van der Waals surface area (Å²) in [6, 6.07) is 7.49. The van der Waals surface area contributed by atoms with Gasteiger partial charge in [0.2, 0.25) is 0 Å². The molecule has 0 aliphatic rings. The standard InChI is InChI=1S/C16H18FNO/c1-11-4-12(2)6-13(5-11)8-16(3,19)14-7-15(17)10-18-9-14/h4-7,9-10,19H,8H2,1-3H3. The van der Waals surface area contributed by atoms with Crippen LogP contribution in [0.4, 0.5) is 4.39 Å². The zero-order chi connectivity index (χ0) is 14.0. The maximum Gasteiger partial charge on any atom is 0.141 e. The molecule has 2 rings (SSSR count). The van der Waals surface area contributed by atoms with Gasteiger partial charge in [0.1, 0.15) is 5.82 Å². The monoisotopic (exact) mass is 259 g/mol. The second kappa shape index (κ2) is 5.10. The summed E-state index contributed by atoms with van der Waals surface area (Å²) in [5, 5.41) is 10.5. The SMILES string of the molecule is Cc1cc(C)cc(CC(C)(O)c2cncc(F)c2)c1. The van der Waals surface area contributed by atoms with Crippen LogP contribution in [0.1, 0.15) is 29.2 Å². The van der Waals surface area contributed by atoms with Gasteiger partial charge in [0.25, 0.3) is 0 Å². The Kier molecular flexibility index (Phi) is 3.67. The Morgan fingerprint density at radius 1 is 1.11 bits per heavy atom. The van der Waals surface area contributed by atoms with Gasteiger partial charge in [-0.15, -0.1) is 0 Å². The van der Waals surface area contributed by atoms with Crippen molar-refractivity contribution >= 4 is 0 Å². The van der Waals surface area contributed by atoms with Crippen LogP contribution in [0.25, 0.3) is 0 Å². The summed E-state index contributed by atoms with van der Waals surface area (Å²) in [4.78, 5) is 3.79. The van der Waals surface area contributed by atoms with E-state index in [4.69, 9.17) is 0 Å². The van der Waals surface area contributed by atoms with Crippen LogP contribution in [0.5, 0.6) is 0 Å². The molecule has 0 aliphatic heterocycles. The number of aliphatic hydroxyl groups is 1. The van der Waals surface area contributed by atoms with Crippen molar-refractivity contribution in [3.8, 4) is 0 Å². The Hall–Kier alpha value is -1.74. The van der Waals surface area contributed by atoms with Gasteiger partial charge in [-0.05, 0) is 32.4 Å². The molecular formula is C16H18FNO. The van der Waals surface area contributed by atoms with Gasteiger partial charge in [-0.25, -0.2) is 4.39 Å². The average molecular weight is 259 g/mol. The molecule has 2 nitrogen and oxygen atoms in total. The Morgan fingerprint density at radius 2 is 1.74 bits per heavy atom. The first-order chi connectivity index (χ1) is 8.87. The predicted molar refractivity (Wildman–Crippen MR) is 73.4 cm³/mol. The molecule has 1 aromatic carbocycles. The Balaban J connectivity index is 2.30.